The van der Waals surface area contributed by atoms with Crippen LogP contribution in [0.4, 0.5) is 0 Å². The zero-order valence-corrected chi connectivity index (χ0v) is 12.0. The van der Waals surface area contributed by atoms with Gasteiger partial charge in [0, 0.05) is 40.9 Å². The molecular formula is C16H15Cl2NO. The van der Waals surface area contributed by atoms with Crippen LogP contribution in [0, 0.1) is 0 Å². The van der Waals surface area contributed by atoms with Crippen LogP contribution < -0.4 is 10.1 Å². The molecule has 2 aromatic rings. The van der Waals surface area contributed by atoms with Crippen molar-refractivity contribution in [2.45, 2.75) is 11.8 Å². The summed E-state index contributed by atoms with van der Waals surface area (Å²) in [5.74, 6) is -0.395. The molecule has 1 N–H and O–H groups in total. The van der Waals surface area contributed by atoms with E-state index in [9.17, 15) is 0 Å². The first-order chi connectivity index (χ1) is 10.8. The number of nitrogens with one attached hydrogen (secondary N) is 1. The third-order valence-corrected chi connectivity index (χ3v) is 3.80. The zero-order valence-electron chi connectivity index (χ0n) is 14.4. The van der Waals surface area contributed by atoms with Gasteiger partial charge in [-0.25, -0.2) is 0 Å². The third kappa shape index (κ3) is 2.08. The van der Waals surface area contributed by atoms with Gasteiger partial charge in [0.05, 0.1) is 0 Å². The van der Waals surface area contributed by atoms with Crippen molar-refractivity contribution in [1.82, 2.24) is 5.32 Å². The van der Waals surface area contributed by atoms with Gasteiger partial charge in [0.25, 0.3) is 0 Å². The number of hydrogen-bond donors (Lipinski definition) is 1. The van der Waals surface area contributed by atoms with Gasteiger partial charge in [0.15, 0.2) is 0 Å². The number of hydrogen-bond acceptors (Lipinski definition) is 2. The topological polar surface area (TPSA) is 21.3 Å². The van der Waals surface area contributed by atoms with Gasteiger partial charge in [0.2, 0.25) is 0 Å². The minimum absolute atomic E-state index is 0. The van der Waals surface area contributed by atoms with Gasteiger partial charge in [-0.3, -0.25) is 0 Å². The van der Waals surface area contributed by atoms with Crippen molar-refractivity contribution in [2.24, 2.45) is 0 Å². The van der Waals surface area contributed by atoms with Gasteiger partial charge in [0.1, 0.15) is 11.5 Å². The van der Waals surface area contributed by atoms with Crippen LogP contribution in [-0.4, -0.2) is 13.0 Å². The lowest BCUT2D eigenvalue weighted by Crippen LogP contribution is -2.08. The summed E-state index contributed by atoms with van der Waals surface area (Å²) < 4.78 is 39.2. The Morgan fingerprint density at radius 1 is 1.05 bits per heavy atom. The number of halogens is 2. The monoisotopic (exact) mass is 311 g/mol. The van der Waals surface area contributed by atoms with Gasteiger partial charge in [-0.1, -0.05) is 29.8 Å². The Morgan fingerprint density at radius 3 is 2.60 bits per heavy atom. The van der Waals surface area contributed by atoms with E-state index >= 15 is 0 Å². The summed E-state index contributed by atoms with van der Waals surface area (Å²) in [5.41, 5.74) is 1.24. The molecule has 1 unspecified atom stereocenters. The fraction of sp³-hybridized carbons (Fsp3) is 0.250. The highest BCUT2D eigenvalue weighted by Gasteiger charge is 2.35. The van der Waals surface area contributed by atoms with Crippen molar-refractivity contribution in [3.8, 4) is 11.5 Å². The molecule has 4 rings (SSSR count). The van der Waals surface area contributed by atoms with Crippen molar-refractivity contribution < 1.29 is 10.2 Å². The van der Waals surface area contributed by atoms with Gasteiger partial charge in [-0.05, 0) is 29.8 Å². The van der Waals surface area contributed by atoms with Crippen LogP contribution in [0.1, 0.15) is 28.4 Å². The maximum Gasteiger partial charge on any atom is 0.131 e. The van der Waals surface area contributed by atoms with E-state index < -0.39 is 24.8 Å². The molecule has 2 heterocycles. The predicted molar refractivity (Wildman–Crippen MR) is 83.6 cm³/mol. The lowest BCUT2D eigenvalue weighted by atomic mass is 9.84. The van der Waals surface area contributed by atoms with E-state index in [0.717, 1.165) is 0 Å². The van der Waals surface area contributed by atoms with E-state index in [0.29, 0.717) is 27.6 Å². The smallest absolute Gasteiger partial charge is 0.131 e. The first-order valence-corrected chi connectivity index (χ1v) is 6.53. The summed E-state index contributed by atoms with van der Waals surface area (Å²) >= 11 is 6.10. The summed E-state index contributed by atoms with van der Waals surface area (Å²) in [6, 6.07) is 12.3. The zero-order chi connectivity index (χ0) is 16.4. The average molecular weight is 312 g/mol. The van der Waals surface area contributed by atoms with E-state index in [1.165, 1.54) is 0 Å². The van der Waals surface area contributed by atoms with Crippen molar-refractivity contribution in [1.29, 1.82) is 0 Å². The standard InChI is InChI=1S/C16H14ClNO.ClH/c17-10-5-6-16-12(7-10)14-9-18-8-13(14)11-3-1-2-4-15(11)19-16;/h1-7,13-14,18H,8-9H2;1H/t13-,14?;/m0./s1/i8D2,9D2;. The number of benzene rings is 2. The minimum Gasteiger partial charge on any atom is -0.457 e. The summed E-state index contributed by atoms with van der Waals surface area (Å²) in [6.45, 7) is -3.83. The van der Waals surface area contributed by atoms with Gasteiger partial charge in [-0.2, -0.15) is 0 Å². The molecular weight excluding hydrogens is 293 g/mol. The number of ether oxygens (including phenoxy) is 1. The van der Waals surface area contributed by atoms with E-state index in [-0.39, 0.29) is 12.4 Å². The Balaban J connectivity index is 0.00000169. The maximum absolute atomic E-state index is 8.32. The van der Waals surface area contributed by atoms with Gasteiger partial charge < -0.3 is 10.1 Å². The van der Waals surface area contributed by atoms with Gasteiger partial charge in [-0.15, -0.1) is 12.4 Å². The molecule has 4 heteroatoms. The molecule has 2 atom stereocenters. The van der Waals surface area contributed by atoms with E-state index in [2.05, 4.69) is 5.32 Å². The highest BCUT2D eigenvalue weighted by Crippen LogP contribution is 2.48. The van der Waals surface area contributed by atoms with Crippen molar-refractivity contribution >= 4 is 24.0 Å². The minimum atomic E-state index is -1.92. The van der Waals surface area contributed by atoms with Crippen LogP contribution in [0.25, 0.3) is 0 Å². The molecule has 1 fully saturated rings. The summed E-state index contributed by atoms with van der Waals surface area (Å²) in [6.07, 6.45) is 0. The first kappa shape index (κ1) is 9.67. The van der Waals surface area contributed by atoms with Crippen LogP contribution in [0.2, 0.25) is 5.02 Å². The molecule has 0 bridgehead atoms. The van der Waals surface area contributed by atoms with Crippen LogP contribution >= 0.6 is 24.0 Å². The molecule has 1 saturated heterocycles. The van der Waals surface area contributed by atoms with Crippen LogP contribution in [-0.2, 0) is 0 Å². The van der Waals surface area contributed by atoms with Crippen LogP contribution in [0.15, 0.2) is 42.5 Å². The average Bonchev–Trinajstić information content (AvgIpc) is 2.58. The Morgan fingerprint density at radius 2 is 1.75 bits per heavy atom. The summed E-state index contributed by atoms with van der Waals surface area (Å²) in [4.78, 5) is 0. The molecule has 0 aromatic heterocycles. The maximum atomic E-state index is 8.32. The van der Waals surface area contributed by atoms with Crippen LogP contribution in [0.3, 0.4) is 0 Å². The lowest BCUT2D eigenvalue weighted by molar-refractivity contribution is 0.476. The summed E-state index contributed by atoms with van der Waals surface area (Å²) in [5, 5.41) is 2.98. The summed E-state index contributed by atoms with van der Waals surface area (Å²) in [7, 11) is 0. The van der Waals surface area contributed by atoms with Crippen molar-refractivity contribution in [3.05, 3.63) is 58.6 Å². The number of rotatable bonds is 0. The van der Waals surface area contributed by atoms with Crippen molar-refractivity contribution in [2.75, 3.05) is 13.0 Å². The van der Waals surface area contributed by atoms with Gasteiger partial charge >= 0.3 is 0 Å². The fourth-order valence-corrected chi connectivity index (χ4v) is 2.86. The third-order valence-electron chi connectivity index (χ3n) is 3.57. The number of fused-ring (bicyclic) bond motifs is 5. The molecule has 2 aliphatic heterocycles. The Labute approximate surface area is 135 Å². The molecule has 0 amide bonds. The Kier molecular flexibility index (Phi) is 2.55. The normalized spacial score (nSPS) is 30.6. The van der Waals surface area contributed by atoms with E-state index in [4.69, 9.17) is 21.8 Å². The molecule has 0 saturated carbocycles. The van der Waals surface area contributed by atoms with Crippen molar-refractivity contribution in [3.63, 3.8) is 0 Å². The molecule has 2 aliphatic rings. The number of para-hydroxylation sites is 1. The SMILES string of the molecule is Cl.[2H]C1([2H])NC([2H])([2H])[C@H]2c3ccccc3Oc3ccc(Cl)cc3C21. The molecule has 0 aliphatic carbocycles. The second kappa shape index (κ2) is 5.28. The lowest BCUT2D eigenvalue weighted by Gasteiger charge is -2.17. The van der Waals surface area contributed by atoms with E-state index in [1.54, 1.807) is 30.3 Å². The first-order valence-electron chi connectivity index (χ1n) is 8.15. The second-order valence-corrected chi connectivity index (χ2v) is 5.13. The van der Waals surface area contributed by atoms with E-state index in [1.807, 2.05) is 12.1 Å². The van der Waals surface area contributed by atoms with Crippen LogP contribution in [0.5, 0.6) is 11.5 Å². The molecule has 20 heavy (non-hydrogen) atoms. The predicted octanol–water partition coefficient (Wildman–Crippen LogP) is 4.34. The molecule has 104 valence electrons. The fourth-order valence-electron chi connectivity index (χ4n) is 2.68. The quantitative estimate of drug-likeness (QED) is 0.781. The molecule has 0 radical (unpaired) electrons. The highest BCUT2D eigenvalue weighted by molar-refractivity contribution is 6.30. The molecule has 0 spiro atoms. The highest BCUT2D eigenvalue weighted by atomic mass is 35.5. The Bertz CT molecular complexity index is 799. The largest absolute Gasteiger partial charge is 0.457 e. The Hall–Kier alpha value is -1.22. The second-order valence-electron chi connectivity index (χ2n) is 4.69. The molecule has 2 nitrogen and oxygen atoms in total. The molecule has 2 aromatic carbocycles.